The van der Waals surface area contributed by atoms with Crippen LogP contribution < -0.4 is 10.6 Å². The number of fused-ring (bicyclic) bond motifs is 3. The summed E-state index contributed by atoms with van der Waals surface area (Å²) in [7, 11) is 0. The number of aromatic amines is 1. The number of amides is 1. The van der Waals surface area contributed by atoms with E-state index in [0.29, 0.717) is 17.3 Å². The van der Waals surface area contributed by atoms with E-state index < -0.39 is 24.5 Å². The molecule has 0 aromatic carbocycles. The molecular formula is C23H26FN7O3. The van der Waals surface area contributed by atoms with E-state index in [2.05, 4.69) is 25.8 Å². The molecule has 4 fully saturated rings. The zero-order chi connectivity index (χ0) is 22.9. The highest BCUT2D eigenvalue weighted by molar-refractivity contribution is 5.76. The summed E-state index contributed by atoms with van der Waals surface area (Å²) in [6.45, 7) is -0.000511. The van der Waals surface area contributed by atoms with Crippen LogP contribution in [0.4, 0.5) is 20.8 Å². The lowest BCUT2D eigenvalue weighted by Gasteiger charge is -2.61. The van der Waals surface area contributed by atoms with Gasteiger partial charge in [-0.3, -0.25) is 5.10 Å². The molecule has 4 heterocycles. The van der Waals surface area contributed by atoms with Gasteiger partial charge in [-0.15, -0.1) is 0 Å². The number of hydrogen-bond acceptors (Lipinski definition) is 7. The predicted molar refractivity (Wildman–Crippen MR) is 119 cm³/mol. The van der Waals surface area contributed by atoms with Crippen LogP contribution in [0, 0.1) is 5.92 Å². The Labute approximate surface area is 194 Å². The number of hydrogen-bond donors (Lipinski definition) is 3. The lowest BCUT2D eigenvalue weighted by atomic mass is 9.50. The number of ether oxygens (including phenoxy) is 2. The maximum absolute atomic E-state index is 15.1. The van der Waals surface area contributed by atoms with Gasteiger partial charge < -0.3 is 20.1 Å². The number of alkyl halides is 1. The van der Waals surface area contributed by atoms with Crippen LogP contribution in [0.25, 0.3) is 5.52 Å². The Hall–Kier alpha value is -3.21. The highest BCUT2D eigenvalue weighted by Gasteiger charge is 2.58. The molecule has 2 bridgehead atoms. The number of H-pyrrole nitrogens is 1. The molecule has 0 spiro atoms. The maximum atomic E-state index is 15.1. The summed E-state index contributed by atoms with van der Waals surface area (Å²) in [5, 5.41) is 18.0. The fourth-order valence-corrected chi connectivity index (χ4v) is 5.88. The third-order valence-corrected chi connectivity index (χ3v) is 7.72. The molecule has 3 aromatic rings. The van der Waals surface area contributed by atoms with Crippen LogP contribution in [0.1, 0.15) is 55.2 Å². The van der Waals surface area contributed by atoms with Crippen molar-refractivity contribution in [3.63, 3.8) is 0 Å². The minimum absolute atomic E-state index is 0.000511. The highest BCUT2D eigenvalue weighted by atomic mass is 19.1. The first-order valence-electron chi connectivity index (χ1n) is 12.0. The summed E-state index contributed by atoms with van der Waals surface area (Å²) in [5.74, 6) is 1.90. The number of halogens is 1. The quantitative estimate of drug-likeness (QED) is 0.528. The predicted octanol–water partition coefficient (Wildman–Crippen LogP) is 3.13. The number of rotatable bonds is 5. The van der Waals surface area contributed by atoms with Crippen molar-refractivity contribution in [1.29, 1.82) is 0 Å². The zero-order valence-electron chi connectivity index (χ0n) is 18.6. The first kappa shape index (κ1) is 20.2. The van der Waals surface area contributed by atoms with Gasteiger partial charge in [-0.1, -0.05) is 0 Å². The van der Waals surface area contributed by atoms with E-state index in [1.807, 2.05) is 10.7 Å². The third-order valence-electron chi connectivity index (χ3n) is 7.72. The average molecular weight is 468 g/mol. The van der Waals surface area contributed by atoms with Crippen LogP contribution in [0.2, 0.25) is 0 Å². The summed E-state index contributed by atoms with van der Waals surface area (Å²) in [6, 6.07) is 1.70. The van der Waals surface area contributed by atoms with Crippen molar-refractivity contribution >= 4 is 23.2 Å². The average Bonchev–Trinajstić information content (AvgIpc) is 3.48. The zero-order valence-corrected chi connectivity index (χ0v) is 18.6. The SMILES string of the molecule is O=C(NC12CC(C1)C2)O[C@@H]1CO[C@H](c2cc(Nc3nccn4nc5c(c34)CCCC5)n[nH]2)[C@H]1F. The largest absolute Gasteiger partial charge is 0.441 e. The number of alkyl carbamates (subject to hydrolysis) is 1. The van der Waals surface area contributed by atoms with Crippen molar-refractivity contribution in [2.75, 3.05) is 11.9 Å². The number of carbonyl (C=O) groups is 1. The Morgan fingerprint density at radius 3 is 2.97 bits per heavy atom. The Bertz CT molecular complexity index is 1260. The molecule has 1 aliphatic heterocycles. The van der Waals surface area contributed by atoms with Crippen LogP contribution in [-0.4, -0.2) is 55.3 Å². The normalized spacial score (nSPS) is 31.4. The molecule has 1 amide bonds. The van der Waals surface area contributed by atoms with Crippen molar-refractivity contribution in [2.45, 2.75) is 68.9 Å². The fourth-order valence-electron chi connectivity index (χ4n) is 5.88. The van der Waals surface area contributed by atoms with E-state index in [-0.39, 0.29) is 12.1 Å². The summed E-state index contributed by atoms with van der Waals surface area (Å²) in [5.41, 5.74) is 3.66. The van der Waals surface area contributed by atoms with Gasteiger partial charge in [-0.05, 0) is 50.9 Å². The Morgan fingerprint density at radius 1 is 1.29 bits per heavy atom. The van der Waals surface area contributed by atoms with Crippen LogP contribution >= 0.6 is 0 Å². The lowest BCUT2D eigenvalue weighted by molar-refractivity contribution is -0.0528. The van der Waals surface area contributed by atoms with Crippen molar-refractivity contribution < 1.29 is 18.7 Å². The molecule has 0 unspecified atom stereocenters. The molecule has 3 aromatic heterocycles. The van der Waals surface area contributed by atoms with Crippen LogP contribution in [0.3, 0.4) is 0 Å². The lowest BCUT2D eigenvalue weighted by Crippen LogP contribution is -2.68. The third kappa shape index (κ3) is 3.17. The topological polar surface area (TPSA) is 118 Å². The number of anilines is 2. The molecule has 1 saturated heterocycles. The fraction of sp³-hybridized carbons (Fsp3) is 0.565. The summed E-state index contributed by atoms with van der Waals surface area (Å²) >= 11 is 0. The monoisotopic (exact) mass is 467 g/mol. The minimum Gasteiger partial charge on any atom is -0.441 e. The van der Waals surface area contributed by atoms with Gasteiger partial charge in [-0.2, -0.15) is 10.2 Å². The van der Waals surface area contributed by atoms with E-state index in [1.165, 1.54) is 5.56 Å². The smallest absolute Gasteiger partial charge is 0.408 e. The molecule has 8 rings (SSSR count). The van der Waals surface area contributed by atoms with Gasteiger partial charge in [0.15, 0.2) is 23.9 Å². The molecule has 34 heavy (non-hydrogen) atoms. The molecule has 3 atom stereocenters. The second-order valence-corrected chi connectivity index (χ2v) is 10.1. The molecule has 3 N–H and O–H groups in total. The highest BCUT2D eigenvalue weighted by Crippen LogP contribution is 2.57. The van der Waals surface area contributed by atoms with Crippen molar-refractivity contribution in [1.82, 2.24) is 30.1 Å². The van der Waals surface area contributed by atoms with Crippen LogP contribution in [-0.2, 0) is 22.3 Å². The van der Waals surface area contributed by atoms with E-state index in [4.69, 9.17) is 14.6 Å². The molecule has 178 valence electrons. The van der Waals surface area contributed by atoms with E-state index >= 15 is 4.39 Å². The second kappa shape index (κ2) is 7.39. The first-order chi connectivity index (χ1) is 16.6. The van der Waals surface area contributed by atoms with Gasteiger partial charge in [-0.25, -0.2) is 18.7 Å². The number of nitrogens with one attached hydrogen (secondary N) is 3. The van der Waals surface area contributed by atoms with Crippen LogP contribution in [0.5, 0.6) is 0 Å². The Kier molecular flexibility index (Phi) is 4.39. The van der Waals surface area contributed by atoms with E-state index in [0.717, 1.165) is 62.1 Å². The van der Waals surface area contributed by atoms with E-state index in [1.54, 1.807) is 12.3 Å². The molecule has 11 heteroatoms. The van der Waals surface area contributed by atoms with Crippen LogP contribution in [0.15, 0.2) is 18.5 Å². The second-order valence-electron chi connectivity index (χ2n) is 10.1. The van der Waals surface area contributed by atoms with Gasteiger partial charge in [0.25, 0.3) is 0 Å². The molecule has 0 radical (unpaired) electrons. The van der Waals surface area contributed by atoms with Crippen molar-refractivity contribution in [3.05, 3.63) is 35.4 Å². The van der Waals surface area contributed by atoms with Gasteiger partial charge >= 0.3 is 6.09 Å². The summed E-state index contributed by atoms with van der Waals surface area (Å²) in [6.07, 6.45) is 6.87. The summed E-state index contributed by atoms with van der Waals surface area (Å²) in [4.78, 5) is 16.7. The maximum Gasteiger partial charge on any atom is 0.408 e. The molecule has 3 saturated carbocycles. The molecular weight excluding hydrogens is 441 g/mol. The van der Waals surface area contributed by atoms with Gasteiger partial charge in [0.2, 0.25) is 0 Å². The molecule has 5 aliphatic rings. The summed E-state index contributed by atoms with van der Waals surface area (Å²) < 4.78 is 27.9. The molecule has 4 aliphatic carbocycles. The number of aromatic nitrogens is 5. The Balaban J connectivity index is 1.04. The number of carbonyl (C=O) groups excluding carboxylic acids is 1. The standard InChI is InChI=1S/C23H26FN7O3/c24-18-16(34-22(32)27-23-8-12(9-23)10-23)11-33-20(18)15-7-17(29-28-15)26-21-19-13-3-1-2-4-14(13)30-31(19)6-5-25-21/h5-7,12,16,18,20H,1-4,8-11H2,(H,27,32)(H2,25,26,28,29)/t12?,16-,18+,20-,23?/m1/s1. The Morgan fingerprint density at radius 2 is 2.15 bits per heavy atom. The van der Waals surface area contributed by atoms with Gasteiger partial charge in [0.05, 0.1) is 18.0 Å². The first-order valence-corrected chi connectivity index (χ1v) is 12.0. The number of aryl methyl sites for hydroxylation is 2. The van der Waals surface area contributed by atoms with Crippen molar-refractivity contribution in [3.8, 4) is 0 Å². The van der Waals surface area contributed by atoms with E-state index in [9.17, 15) is 4.79 Å². The van der Waals surface area contributed by atoms with Gasteiger partial charge in [0.1, 0.15) is 11.6 Å². The van der Waals surface area contributed by atoms with Gasteiger partial charge in [0, 0.05) is 29.6 Å². The number of nitrogens with zero attached hydrogens (tertiary/aromatic N) is 4. The molecule has 10 nitrogen and oxygen atoms in total. The van der Waals surface area contributed by atoms with Crippen molar-refractivity contribution in [2.24, 2.45) is 5.92 Å². The minimum atomic E-state index is -1.49.